The van der Waals surface area contributed by atoms with Gasteiger partial charge >= 0.3 is 0 Å². The molecule has 0 aliphatic heterocycles. The van der Waals surface area contributed by atoms with Crippen molar-refractivity contribution in [2.75, 3.05) is 5.73 Å². The molecule has 17 heavy (non-hydrogen) atoms. The first-order valence-electron chi connectivity index (χ1n) is 5.75. The molecule has 1 fully saturated rings. The highest BCUT2D eigenvalue weighted by Gasteiger charge is 2.35. The predicted molar refractivity (Wildman–Crippen MR) is 62.3 cm³/mol. The summed E-state index contributed by atoms with van der Waals surface area (Å²) in [5.74, 6) is -2.57. The van der Waals surface area contributed by atoms with Gasteiger partial charge < -0.3 is 10.3 Å². The molecule has 0 spiro atoms. The van der Waals surface area contributed by atoms with Crippen molar-refractivity contribution in [3.63, 3.8) is 0 Å². The molecule has 1 saturated carbocycles. The summed E-state index contributed by atoms with van der Waals surface area (Å²) < 4.78 is 27.6. The Morgan fingerprint density at radius 2 is 2.00 bits per heavy atom. The molecular formula is C12H16F2N2O. The van der Waals surface area contributed by atoms with Crippen LogP contribution in [-0.4, -0.2) is 10.5 Å². The van der Waals surface area contributed by atoms with Crippen LogP contribution in [0.25, 0.3) is 0 Å². The number of rotatable bonds is 1. The van der Waals surface area contributed by atoms with Gasteiger partial charge in [-0.05, 0) is 31.4 Å². The number of anilines is 1. The first kappa shape index (κ1) is 12.1. The highest BCUT2D eigenvalue weighted by atomic mass is 19.3. The number of alkyl halides is 2. The zero-order chi connectivity index (χ0) is 12.6. The average Bonchev–Trinajstić information content (AvgIpc) is 2.24. The lowest BCUT2D eigenvalue weighted by Gasteiger charge is -2.29. The Hall–Kier alpha value is -1.39. The highest BCUT2D eigenvalue weighted by Crippen LogP contribution is 2.37. The lowest BCUT2D eigenvalue weighted by molar-refractivity contribution is -0.0442. The largest absolute Gasteiger partial charge is 0.394 e. The van der Waals surface area contributed by atoms with Gasteiger partial charge in [-0.25, -0.2) is 8.78 Å². The van der Waals surface area contributed by atoms with Crippen molar-refractivity contribution in [2.45, 2.75) is 44.6 Å². The van der Waals surface area contributed by atoms with Crippen LogP contribution in [0.15, 0.2) is 17.1 Å². The SMILES string of the molecule is Cc1cc(N)c(=O)n(C2CCC(F)(F)CC2)c1. The van der Waals surface area contributed by atoms with Crippen molar-refractivity contribution in [3.8, 4) is 0 Å². The van der Waals surface area contributed by atoms with Crippen LogP contribution in [0.2, 0.25) is 0 Å². The molecule has 1 heterocycles. The van der Waals surface area contributed by atoms with E-state index in [1.807, 2.05) is 6.92 Å². The fourth-order valence-electron chi connectivity index (χ4n) is 2.35. The minimum atomic E-state index is -2.57. The predicted octanol–water partition coefficient (Wildman–Crippen LogP) is 2.49. The van der Waals surface area contributed by atoms with Crippen molar-refractivity contribution in [1.29, 1.82) is 0 Å². The van der Waals surface area contributed by atoms with E-state index in [1.165, 1.54) is 4.57 Å². The molecule has 0 radical (unpaired) electrons. The minimum Gasteiger partial charge on any atom is -0.394 e. The Morgan fingerprint density at radius 1 is 1.41 bits per heavy atom. The molecule has 2 rings (SSSR count). The van der Waals surface area contributed by atoms with Crippen LogP contribution in [0, 0.1) is 6.92 Å². The van der Waals surface area contributed by atoms with E-state index in [0.29, 0.717) is 12.8 Å². The smallest absolute Gasteiger partial charge is 0.273 e. The zero-order valence-corrected chi connectivity index (χ0v) is 9.75. The van der Waals surface area contributed by atoms with Crippen molar-refractivity contribution < 1.29 is 8.78 Å². The van der Waals surface area contributed by atoms with Crippen LogP contribution in [0.1, 0.15) is 37.3 Å². The van der Waals surface area contributed by atoms with Crippen molar-refractivity contribution >= 4 is 5.69 Å². The van der Waals surface area contributed by atoms with Crippen molar-refractivity contribution in [3.05, 3.63) is 28.2 Å². The number of pyridine rings is 1. The fourth-order valence-corrected chi connectivity index (χ4v) is 2.35. The molecule has 1 aromatic heterocycles. The van der Waals surface area contributed by atoms with Crippen LogP contribution in [0.5, 0.6) is 0 Å². The number of aryl methyl sites for hydroxylation is 1. The number of nitrogen functional groups attached to an aromatic ring is 1. The van der Waals surface area contributed by atoms with E-state index in [4.69, 9.17) is 5.73 Å². The van der Waals surface area contributed by atoms with E-state index in [1.54, 1.807) is 12.3 Å². The normalized spacial score (nSPS) is 20.4. The third-order valence-corrected chi connectivity index (χ3v) is 3.29. The lowest BCUT2D eigenvalue weighted by Crippen LogP contribution is -2.32. The Morgan fingerprint density at radius 3 is 2.59 bits per heavy atom. The lowest BCUT2D eigenvalue weighted by atomic mass is 9.92. The van der Waals surface area contributed by atoms with Gasteiger partial charge in [0.25, 0.3) is 5.56 Å². The Kier molecular flexibility index (Phi) is 2.93. The quantitative estimate of drug-likeness (QED) is 0.822. The summed E-state index contributed by atoms with van der Waals surface area (Å²) in [5, 5.41) is 0. The van der Waals surface area contributed by atoms with E-state index in [2.05, 4.69) is 0 Å². The van der Waals surface area contributed by atoms with Crippen molar-refractivity contribution in [1.82, 2.24) is 4.57 Å². The summed E-state index contributed by atoms with van der Waals surface area (Å²) in [6, 6.07) is 1.46. The summed E-state index contributed by atoms with van der Waals surface area (Å²) in [7, 11) is 0. The summed E-state index contributed by atoms with van der Waals surface area (Å²) in [6.07, 6.45) is 2.05. The molecule has 3 nitrogen and oxygen atoms in total. The summed E-state index contributed by atoms with van der Waals surface area (Å²) in [4.78, 5) is 11.8. The van der Waals surface area contributed by atoms with Crippen LogP contribution in [0.4, 0.5) is 14.5 Å². The molecule has 1 aromatic rings. The molecule has 0 unspecified atom stereocenters. The minimum absolute atomic E-state index is 0.149. The molecule has 0 atom stereocenters. The van der Waals surface area contributed by atoms with Crippen LogP contribution < -0.4 is 11.3 Å². The Labute approximate surface area is 98.2 Å². The van der Waals surface area contributed by atoms with Crippen LogP contribution >= 0.6 is 0 Å². The second-order valence-electron chi connectivity index (χ2n) is 4.77. The molecule has 0 aromatic carbocycles. The topological polar surface area (TPSA) is 48.0 Å². The van der Waals surface area contributed by atoms with Crippen LogP contribution in [-0.2, 0) is 0 Å². The second-order valence-corrected chi connectivity index (χ2v) is 4.77. The van der Waals surface area contributed by atoms with Gasteiger partial charge in [0.1, 0.15) is 0 Å². The fraction of sp³-hybridized carbons (Fsp3) is 0.583. The molecule has 1 aliphatic carbocycles. The third-order valence-electron chi connectivity index (χ3n) is 3.29. The average molecular weight is 242 g/mol. The number of hydrogen-bond acceptors (Lipinski definition) is 2. The number of nitrogens with zero attached hydrogens (tertiary/aromatic N) is 1. The molecule has 5 heteroatoms. The Bertz CT molecular complexity index is 472. The van der Waals surface area contributed by atoms with Gasteiger partial charge in [0.15, 0.2) is 0 Å². The number of nitrogens with two attached hydrogens (primary N) is 1. The van der Waals surface area contributed by atoms with Gasteiger partial charge in [-0.3, -0.25) is 4.79 Å². The number of hydrogen-bond donors (Lipinski definition) is 1. The van der Waals surface area contributed by atoms with Gasteiger partial charge in [-0.15, -0.1) is 0 Å². The van der Waals surface area contributed by atoms with Crippen LogP contribution in [0.3, 0.4) is 0 Å². The molecule has 0 saturated heterocycles. The summed E-state index contributed by atoms with van der Waals surface area (Å²) in [5.41, 5.74) is 6.38. The van der Waals surface area contributed by atoms with Gasteiger partial charge in [-0.2, -0.15) is 0 Å². The Balaban J connectivity index is 2.27. The first-order valence-corrected chi connectivity index (χ1v) is 5.75. The molecule has 2 N–H and O–H groups in total. The third kappa shape index (κ3) is 2.48. The van der Waals surface area contributed by atoms with Gasteiger partial charge in [0, 0.05) is 25.1 Å². The second kappa shape index (κ2) is 4.13. The highest BCUT2D eigenvalue weighted by molar-refractivity contribution is 5.37. The van der Waals surface area contributed by atoms with Gasteiger partial charge in [-0.1, -0.05) is 0 Å². The van der Waals surface area contributed by atoms with Crippen molar-refractivity contribution in [2.24, 2.45) is 0 Å². The van der Waals surface area contributed by atoms with E-state index >= 15 is 0 Å². The molecule has 0 bridgehead atoms. The summed E-state index contributed by atoms with van der Waals surface area (Å²) in [6.45, 7) is 1.84. The molecule has 1 aliphatic rings. The number of halogens is 2. The van der Waals surface area contributed by atoms with E-state index in [0.717, 1.165) is 5.56 Å². The van der Waals surface area contributed by atoms with E-state index in [9.17, 15) is 13.6 Å². The van der Waals surface area contributed by atoms with E-state index < -0.39 is 5.92 Å². The summed E-state index contributed by atoms with van der Waals surface area (Å²) >= 11 is 0. The monoisotopic (exact) mass is 242 g/mol. The molecule has 0 amide bonds. The maximum absolute atomic E-state index is 13.0. The van der Waals surface area contributed by atoms with Gasteiger partial charge in [0.2, 0.25) is 5.92 Å². The van der Waals surface area contributed by atoms with Gasteiger partial charge in [0.05, 0.1) is 5.69 Å². The maximum atomic E-state index is 13.0. The first-order chi connectivity index (χ1) is 7.89. The standard InChI is InChI=1S/C12H16F2N2O/c1-8-6-10(15)11(17)16(7-8)9-2-4-12(13,14)5-3-9/h6-7,9H,2-5,15H2,1H3. The zero-order valence-electron chi connectivity index (χ0n) is 9.75. The maximum Gasteiger partial charge on any atom is 0.273 e. The molecular weight excluding hydrogens is 226 g/mol. The molecule has 94 valence electrons. The number of aromatic nitrogens is 1. The van der Waals surface area contributed by atoms with E-state index in [-0.39, 0.29) is 30.1 Å².